The lowest BCUT2D eigenvalue weighted by atomic mass is 9.96. The van der Waals surface area contributed by atoms with Crippen LogP contribution < -0.4 is 10.6 Å². The van der Waals surface area contributed by atoms with Crippen LogP contribution in [0.1, 0.15) is 40.9 Å². The maximum Gasteiger partial charge on any atom is 0.191 e. The molecular weight excluding hydrogens is 512 g/mol. The fourth-order valence-corrected chi connectivity index (χ4v) is 4.53. The standard InChI is InChI=1S/C22H32FN5S.HI/c1-4-24-22(26-14-21-16(2)27-17(3)29-21)25-13-18-9-11-28(12-10-18)15-19-7-5-6-8-20(19)23;/h5-8,18H,4,9-15H2,1-3H3,(H2,24,25,26);1H. The highest BCUT2D eigenvalue weighted by molar-refractivity contribution is 14.0. The van der Waals surface area contributed by atoms with Gasteiger partial charge in [-0.2, -0.15) is 0 Å². The molecule has 0 radical (unpaired) electrons. The monoisotopic (exact) mass is 545 g/mol. The van der Waals surface area contributed by atoms with Gasteiger partial charge in [-0.15, -0.1) is 35.3 Å². The second-order valence-electron chi connectivity index (χ2n) is 7.63. The van der Waals surface area contributed by atoms with Crippen LogP contribution in [0.25, 0.3) is 0 Å². The molecule has 2 heterocycles. The van der Waals surface area contributed by atoms with Gasteiger partial charge in [0.2, 0.25) is 0 Å². The lowest BCUT2D eigenvalue weighted by Gasteiger charge is -2.32. The highest BCUT2D eigenvalue weighted by Gasteiger charge is 2.20. The van der Waals surface area contributed by atoms with Gasteiger partial charge in [-0.1, -0.05) is 18.2 Å². The van der Waals surface area contributed by atoms with E-state index in [0.29, 0.717) is 19.0 Å². The molecule has 30 heavy (non-hydrogen) atoms. The van der Waals surface area contributed by atoms with Gasteiger partial charge >= 0.3 is 0 Å². The number of halogens is 2. The summed E-state index contributed by atoms with van der Waals surface area (Å²) in [4.78, 5) is 12.8. The molecule has 1 aliphatic rings. The lowest BCUT2D eigenvalue weighted by molar-refractivity contribution is 0.176. The second kappa shape index (κ2) is 12.6. The van der Waals surface area contributed by atoms with Crippen molar-refractivity contribution in [2.24, 2.45) is 10.9 Å². The number of rotatable bonds is 7. The Morgan fingerprint density at radius 2 is 1.97 bits per heavy atom. The van der Waals surface area contributed by atoms with E-state index in [2.05, 4.69) is 27.4 Å². The Labute approximate surface area is 200 Å². The minimum Gasteiger partial charge on any atom is -0.357 e. The molecular formula is C22H33FIN5S. The van der Waals surface area contributed by atoms with Crippen molar-refractivity contribution >= 4 is 41.3 Å². The number of hydrogen-bond donors (Lipinski definition) is 2. The Kier molecular flexibility index (Phi) is 10.5. The fraction of sp³-hybridized carbons (Fsp3) is 0.545. The van der Waals surface area contributed by atoms with Crippen molar-refractivity contribution in [1.82, 2.24) is 20.5 Å². The van der Waals surface area contributed by atoms with Crippen LogP contribution in [-0.4, -0.2) is 42.0 Å². The summed E-state index contributed by atoms with van der Waals surface area (Å²) in [5.41, 5.74) is 1.87. The maximum absolute atomic E-state index is 13.9. The van der Waals surface area contributed by atoms with Crippen molar-refractivity contribution in [2.75, 3.05) is 26.2 Å². The van der Waals surface area contributed by atoms with Crippen molar-refractivity contribution < 1.29 is 4.39 Å². The first-order chi connectivity index (χ1) is 14.0. The molecule has 1 saturated heterocycles. The molecule has 0 bridgehead atoms. The van der Waals surface area contributed by atoms with Gasteiger partial charge in [0.15, 0.2) is 5.96 Å². The Morgan fingerprint density at radius 1 is 1.23 bits per heavy atom. The summed E-state index contributed by atoms with van der Waals surface area (Å²) >= 11 is 1.72. The van der Waals surface area contributed by atoms with Gasteiger partial charge in [-0.25, -0.2) is 14.4 Å². The Hall–Kier alpha value is -1.26. The zero-order valence-corrected chi connectivity index (χ0v) is 21.2. The van der Waals surface area contributed by atoms with Gasteiger partial charge in [-0.3, -0.25) is 4.90 Å². The van der Waals surface area contributed by atoms with Crippen LogP contribution in [-0.2, 0) is 13.1 Å². The van der Waals surface area contributed by atoms with Crippen LogP contribution in [0.4, 0.5) is 4.39 Å². The molecule has 0 atom stereocenters. The average molecular weight is 546 g/mol. The van der Waals surface area contributed by atoms with Gasteiger partial charge in [0.05, 0.1) is 17.2 Å². The second-order valence-corrected chi connectivity index (χ2v) is 8.92. The van der Waals surface area contributed by atoms with E-state index in [1.165, 1.54) is 4.88 Å². The normalized spacial score (nSPS) is 15.7. The van der Waals surface area contributed by atoms with E-state index in [9.17, 15) is 4.39 Å². The summed E-state index contributed by atoms with van der Waals surface area (Å²) in [5, 5.41) is 7.93. The molecule has 8 heteroatoms. The first kappa shape index (κ1) is 25.0. The number of nitrogens with zero attached hydrogens (tertiary/aromatic N) is 3. The number of piperidine rings is 1. The first-order valence-corrected chi connectivity index (χ1v) is 11.3. The molecule has 0 aliphatic carbocycles. The minimum absolute atomic E-state index is 0. The van der Waals surface area contributed by atoms with Crippen molar-refractivity contribution in [3.8, 4) is 0 Å². The number of aryl methyl sites for hydroxylation is 2. The van der Waals surface area contributed by atoms with Crippen LogP contribution in [0, 0.1) is 25.6 Å². The smallest absolute Gasteiger partial charge is 0.191 e. The molecule has 2 N–H and O–H groups in total. The molecule has 166 valence electrons. The fourth-order valence-electron chi connectivity index (χ4n) is 3.67. The van der Waals surface area contributed by atoms with Crippen LogP contribution in [0.3, 0.4) is 0 Å². The lowest BCUT2D eigenvalue weighted by Crippen LogP contribution is -2.42. The highest BCUT2D eigenvalue weighted by Crippen LogP contribution is 2.20. The van der Waals surface area contributed by atoms with Gasteiger partial charge in [0, 0.05) is 30.1 Å². The summed E-state index contributed by atoms with van der Waals surface area (Å²) in [7, 11) is 0. The van der Waals surface area contributed by atoms with Gasteiger partial charge in [-0.05, 0) is 58.7 Å². The summed E-state index contributed by atoms with van der Waals surface area (Å²) in [6.45, 7) is 11.3. The third-order valence-corrected chi connectivity index (χ3v) is 6.40. The summed E-state index contributed by atoms with van der Waals surface area (Å²) in [6, 6.07) is 7.08. The number of thiazole rings is 1. The Morgan fingerprint density at radius 3 is 2.60 bits per heavy atom. The van der Waals surface area contributed by atoms with E-state index in [0.717, 1.165) is 61.2 Å². The average Bonchev–Trinajstić information content (AvgIpc) is 3.04. The van der Waals surface area contributed by atoms with Crippen molar-refractivity contribution in [2.45, 2.75) is 46.7 Å². The number of hydrogen-bond acceptors (Lipinski definition) is 4. The Balaban J connectivity index is 0.00000320. The van der Waals surface area contributed by atoms with Crippen LogP contribution >= 0.6 is 35.3 Å². The molecule has 1 aromatic heterocycles. The molecule has 2 aromatic rings. The number of likely N-dealkylation sites (tertiary alicyclic amines) is 1. The summed E-state index contributed by atoms with van der Waals surface area (Å²) < 4.78 is 13.9. The molecule has 0 saturated carbocycles. The molecule has 0 spiro atoms. The predicted octanol–water partition coefficient (Wildman–Crippen LogP) is 4.48. The van der Waals surface area contributed by atoms with E-state index >= 15 is 0 Å². The van der Waals surface area contributed by atoms with E-state index in [-0.39, 0.29) is 29.8 Å². The first-order valence-electron chi connectivity index (χ1n) is 10.5. The molecule has 1 fully saturated rings. The predicted molar refractivity (Wildman–Crippen MR) is 134 cm³/mol. The maximum atomic E-state index is 13.9. The molecule has 0 unspecified atom stereocenters. The SMILES string of the molecule is CCNC(=NCc1sc(C)nc1C)NCC1CCN(Cc2ccccc2F)CC1.I. The third kappa shape index (κ3) is 7.46. The number of guanidine groups is 1. The number of aliphatic imine (C=N–C) groups is 1. The Bertz CT molecular complexity index is 818. The van der Waals surface area contributed by atoms with Gasteiger partial charge < -0.3 is 10.6 Å². The van der Waals surface area contributed by atoms with Crippen LogP contribution in [0.15, 0.2) is 29.3 Å². The minimum atomic E-state index is -0.103. The summed E-state index contributed by atoms with van der Waals surface area (Å²) in [5.74, 6) is 1.38. The molecule has 1 aliphatic heterocycles. The van der Waals surface area contributed by atoms with Crippen LogP contribution in [0.2, 0.25) is 0 Å². The summed E-state index contributed by atoms with van der Waals surface area (Å²) in [6.07, 6.45) is 2.24. The van der Waals surface area contributed by atoms with E-state index < -0.39 is 0 Å². The van der Waals surface area contributed by atoms with Gasteiger partial charge in [0.25, 0.3) is 0 Å². The van der Waals surface area contributed by atoms with Crippen molar-refractivity contribution in [3.05, 3.63) is 51.2 Å². The quantitative estimate of drug-likeness (QED) is 0.306. The zero-order valence-electron chi connectivity index (χ0n) is 18.1. The highest BCUT2D eigenvalue weighted by atomic mass is 127. The van der Waals surface area contributed by atoms with Crippen molar-refractivity contribution in [3.63, 3.8) is 0 Å². The molecule has 0 amide bonds. The molecule has 3 rings (SSSR count). The van der Waals surface area contributed by atoms with E-state index in [4.69, 9.17) is 4.99 Å². The number of aromatic nitrogens is 1. The van der Waals surface area contributed by atoms with E-state index in [1.807, 2.05) is 26.0 Å². The van der Waals surface area contributed by atoms with Gasteiger partial charge in [0.1, 0.15) is 5.82 Å². The topological polar surface area (TPSA) is 52.6 Å². The zero-order chi connectivity index (χ0) is 20.6. The number of nitrogens with one attached hydrogen (secondary N) is 2. The van der Waals surface area contributed by atoms with E-state index in [1.54, 1.807) is 23.5 Å². The largest absolute Gasteiger partial charge is 0.357 e. The third-order valence-electron chi connectivity index (χ3n) is 5.34. The van der Waals surface area contributed by atoms with Crippen molar-refractivity contribution in [1.29, 1.82) is 0 Å². The van der Waals surface area contributed by atoms with Crippen LogP contribution in [0.5, 0.6) is 0 Å². The molecule has 5 nitrogen and oxygen atoms in total. The number of benzene rings is 1. The molecule has 1 aromatic carbocycles.